The van der Waals surface area contributed by atoms with Crippen LogP contribution in [-0.2, 0) is 0 Å². The molecule has 1 N–H and O–H groups in total. The minimum atomic E-state index is 0.486. The van der Waals surface area contributed by atoms with E-state index in [1.54, 1.807) is 0 Å². The molecule has 0 amide bonds. The molecule has 2 aliphatic carbocycles. The summed E-state index contributed by atoms with van der Waals surface area (Å²) in [5.41, 5.74) is 4.90. The highest BCUT2D eigenvalue weighted by Gasteiger charge is 2.53. The second kappa shape index (κ2) is 4.38. The lowest BCUT2D eigenvalue weighted by Gasteiger charge is -2.21. The lowest BCUT2D eigenvalue weighted by Crippen LogP contribution is -2.28. The van der Waals surface area contributed by atoms with Gasteiger partial charge in [-0.15, -0.1) is 0 Å². The average Bonchev–Trinajstić information content (AvgIpc) is 3.15. The molecular formula is C17H25N. The Kier molecular flexibility index (Phi) is 2.97. The molecule has 0 heterocycles. The van der Waals surface area contributed by atoms with Crippen molar-refractivity contribution in [2.24, 2.45) is 11.3 Å². The largest absolute Gasteiger partial charge is 0.310 e. The van der Waals surface area contributed by atoms with Crippen LogP contribution in [0.3, 0.4) is 0 Å². The first-order valence-electron chi connectivity index (χ1n) is 7.41. The third-order valence-electron chi connectivity index (χ3n) is 4.84. The van der Waals surface area contributed by atoms with Gasteiger partial charge in [-0.25, -0.2) is 0 Å². The zero-order chi connectivity index (χ0) is 12.8. The van der Waals surface area contributed by atoms with Gasteiger partial charge >= 0.3 is 0 Å². The van der Waals surface area contributed by atoms with Gasteiger partial charge in [0.15, 0.2) is 0 Å². The number of rotatable bonds is 5. The van der Waals surface area contributed by atoms with Gasteiger partial charge in [0.2, 0.25) is 0 Å². The third kappa shape index (κ3) is 2.47. The molecule has 0 radical (unpaired) electrons. The summed E-state index contributed by atoms with van der Waals surface area (Å²) in [5, 5.41) is 3.78. The fourth-order valence-electron chi connectivity index (χ4n) is 3.32. The van der Waals surface area contributed by atoms with Gasteiger partial charge in [0, 0.05) is 12.6 Å². The quantitative estimate of drug-likeness (QED) is 0.819. The summed E-state index contributed by atoms with van der Waals surface area (Å²) < 4.78 is 0. The Balaban J connectivity index is 1.62. The highest BCUT2D eigenvalue weighted by molar-refractivity contribution is 5.30. The first-order chi connectivity index (χ1) is 8.59. The van der Waals surface area contributed by atoms with Gasteiger partial charge in [0.25, 0.3) is 0 Å². The monoisotopic (exact) mass is 243 g/mol. The predicted molar refractivity (Wildman–Crippen MR) is 76.7 cm³/mol. The van der Waals surface area contributed by atoms with Crippen LogP contribution in [-0.4, -0.2) is 6.54 Å². The molecule has 2 saturated carbocycles. The van der Waals surface area contributed by atoms with Crippen molar-refractivity contribution in [3.8, 4) is 0 Å². The Morgan fingerprint density at radius 3 is 2.28 bits per heavy atom. The molecule has 1 atom stereocenters. The van der Waals surface area contributed by atoms with E-state index in [1.165, 1.54) is 48.9 Å². The second-order valence-corrected chi connectivity index (χ2v) is 6.66. The van der Waals surface area contributed by atoms with Crippen LogP contribution in [0.5, 0.6) is 0 Å². The summed E-state index contributed by atoms with van der Waals surface area (Å²) in [6.45, 7) is 7.91. The molecule has 0 saturated heterocycles. The molecule has 0 aromatic heterocycles. The molecule has 2 fully saturated rings. The summed E-state index contributed by atoms with van der Waals surface area (Å²) in [5.74, 6) is 1.05. The maximum Gasteiger partial charge on any atom is 0.0292 e. The lowest BCUT2D eigenvalue weighted by atomic mass is 9.98. The van der Waals surface area contributed by atoms with E-state index in [1.807, 2.05) is 0 Å². The molecule has 18 heavy (non-hydrogen) atoms. The van der Waals surface area contributed by atoms with Gasteiger partial charge in [-0.2, -0.15) is 0 Å². The highest BCUT2D eigenvalue weighted by atomic mass is 14.9. The minimum absolute atomic E-state index is 0.486. The normalized spacial score (nSPS) is 22.8. The second-order valence-electron chi connectivity index (χ2n) is 6.66. The smallest absolute Gasteiger partial charge is 0.0292 e. The van der Waals surface area contributed by atoms with Gasteiger partial charge in [-0.3, -0.25) is 0 Å². The fourth-order valence-corrected chi connectivity index (χ4v) is 3.32. The van der Waals surface area contributed by atoms with Crippen LogP contribution in [0.15, 0.2) is 18.2 Å². The van der Waals surface area contributed by atoms with Crippen molar-refractivity contribution in [3.05, 3.63) is 34.9 Å². The maximum atomic E-state index is 3.78. The standard InChI is InChI=1S/C17H25N/c1-12-8-13(2)10-15(9-12)14(3)18-11-17(6-7-17)16-4-5-16/h8-10,14,16,18H,4-7,11H2,1-3H3. The summed E-state index contributed by atoms with van der Waals surface area (Å²) >= 11 is 0. The first kappa shape index (κ1) is 12.2. The number of nitrogens with one attached hydrogen (secondary N) is 1. The summed E-state index contributed by atoms with van der Waals surface area (Å²) in [7, 11) is 0. The maximum absolute atomic E-state index is 3.78. The van der Waals surface area contributed by atoms with Crippen LogP contribution < -0.4 is 5.32 Å². The Morgan fingerprint density at radius 2 is 1.78 bits per heavy atom. The molecule has 0 spiro atoms. The molecular weight excluding hydrogens is 218 g/mol. The van der Waals surface area contributed by atoms with Crippen molar-refractivity contribution >= 4 is 0 Å². The van der Waals surface area contributed by atoms with Crippen molar-refractivity contribution < 1.29 is 0 Å². The molecule has 2 aliphatic rings. The molecule has 0 bridgehead atoms. The number of hydrogen-bond donors (Lipinski definition) is 1. The molecule has 1 heteroatoms. The van der Waals surface area contributed by atoms with E-state index >= 15 is 0 Å². The van der Waals surface area contributed by atoms with Crippen molar-refractivity contribution in [2.75, 3.05) is 6.54 Å². The Labute approximate surface area is 111 Å². The first-order valence-corrected chi connectivity index (χ1v) is 7.41. The molecule has 1 nitrogen and oxygen atoms in total. The van der Waals surface area contributed by atoms with E-state index in [0.717, 1.165) is 5.92 Å². The summed E-state index contributed by atoms with van der Waals surface area (Å²) in [6, 6.07) is 7.38. The highest BCUT2D eigenvalue weighted by Crippen LogP contribution is 2.60. The van der Waals surface area contributed by atoms with Gasteiger partial charge in [0.05, 0.1) is 0 Å². The van der Waals surface area contributed by atoms with Crippen molar-refractivity contribution in [1.29, 1.82) is 0 Å². The minimum Gasteiger partial charge on any atom is -0.310 e. The molecule has 1 unspecified atom stereocenters. The van der Waals surface area contributed by atoms with Crippen molar-refractivity contribution in [3.63, 3.8) is 0 Å². The van der Waals surface area contributed by atoms with Gasteiger partial charge in [0.1, 0.15) is 0 Å². The summed E-state index contributed by atoms with van der Waals surface area (Å²) in [4.78, 5) is 0. The van der Waals surface area contributed by atoms with Gasteiger partial charge < -0.3 is 5.32 Å². The number of aryl methyl sites for hydroxylation is 2. The summed E-state index contributed by atoms with van der Waals surface area (Å²) in [6.07, 6.45) is 5.90. The average molecular weight is 243 g/mol. The SMILES string of the molecule is Cc1cc(C)cc(C(C)NCC2(C3CC3)CC2)c1. The molecule has 3 rings (SSSR count). The molecule has 98 valence electrons. The zero-order valence-corrected chi connectivity index (χ0v) is 11.9. The van der Waals surface area contributed by atoms with Gasteiger partial charge in [-0.05, 0) is 63.4 Å². The molecule has 1 aromatic carbocycles. The van der Waals surface area contributed by atoms with E-state index in [4.69, 9.17) is 0 Å². The Morgan fingerprint density at radius 1 is 1.17 bits per heavy atom. The topological polar surface area (TPSA) is 12.0 Å². The third-order valence-corrected chi connectivity index (χ3v) is 4.84. The number of hydrogen-bond acceptors (Lipinski definition) is 1. The van der Waals surface area contributed by atoms with Crippen LogP contribution in [0.1, 0.15) is 55.3 Å². The van der Waals surface area contributed by atoms with Crippen LogP contribution in [0, 0.1) is 25.2 Å². The van der Waals surface area contributed by atoms with E-state index in [0.29, 0.717) is 11.5 Å². The van der Waals surface area contributed by atoms with E-state index in [9.17, 15) is 0 Å². The lowest BCUT2D eigenvalue weighted by molar-refractivity contribution is 0.382. The Bertz CT molecular complexity index is 421. The van der Waals surface area contributed by atoms with E-state index in [-0.39, 0.29) is 0 Å². The van der Waals surface area contributed by atoms with Crippen LogP contribution in [0.25, 0.3) is 0 Å². The Hall–Kier alpha value is -0.820. The predicted octanol–water partition coefficient (Wildman–Crippen LogP) is 4.14. The zero-order valence-electron chi connectivity index (χ0n) is 11.9. The van der Waals surface area contributed by atoms with Gasteiger partial charge in [-0.1, -0.05) is 29.3 Å². The number of benzene rings is 1. The molecule has 1 aromatic rings. The fraction of sp³-hybridized carbons (Fsp3) is 0.647. The van der Waals surface area contributed by atoms with E-state index in [2.05, 4.69) is 44.3 Å². The van der Waals surface area contributed by atoms with Crippen molar-refractivity contribution in [1.82, 2.24) is 5.32 Å². The van der Waals surface area contributed by atoms with Crippen LogP contribution >= 0.6 is 0 Å². The van der Waals surface area contributed by atoms with Crippen molar-refractivity contribution in [2.45, 2.75) is 52.5 Å². The van der Waals surface area contributed by atoms with Crippen LogP contribution in [0.2, 0.25) is 0 Å². The van der Waals surface area contributed by atoms with Crippen LogP contribution in [0.4, 0.5) is 0 Å². The van der Waals surface area contributed by atoms with E-state index < -0.39 is 0 Å². The molecule has 0 aliphatic heterocycles.